The average molecular weight is 155 g/mol. The molecule has 0 rings (SSSR count). The van der Waals surface area contributed by atoms with Gasteiger partial charge in [-0.25, -0.2) is 0 Å². The second kappa shape index (κ2) is 4.70. The van der Waals surface area contributed by atoms with E-state index in [9.17, 15) is 0 Å². The molecule has 34 valence electrons. The molecule has 0 saturated heterocycles. The van der Waals surface area contributed by atoms with Crippen LogP contribution < -0.4 is 0 Å². The first-order valence-electron chi connectivity index (χ1n) is 1.73. The van der Waals surface area contributed by atoms with Crippen LogP contribution >= 0.6 is 17.0 Å². The van der Waals surface area contributed by atoms with E-state index in [0.29, 0.717) is 0 Å². The van der Waals surface area contributed by atoms with Gasteiger partial charge in [0.2, 0.25) is 0 Å². The van der Waals surface area contributed by atoms with Crippen LogP contribution in [-0.4, -0.2) is 10.2 Å². The lowest BCUT2D eigenvalue weighted by atomic mass is 10.6. The fourth-order valence-electron chi connectivity index (χ4n) is 0. The second-order valence-electron chi connectivity index (χ2n) is 1.73. The van der Waals surface area contributed by atoms with Crippen LogP contribution in [0.25, 0.3) is 0 Å². The molecule has 0 radical (unpaired) electrons. The summed E-state index contributed by atoms with van der Waals surface area (Å²) in [6, 6.07) is 0. The largest absolute Gasteiger partial charge is 0.114 e. The van der Waals surface area contributed by atoms with Crippen molar-refractivity contribution in [3.05, 3.63) is 0 Å². The summed E-state index contributed by atoms with van der Waals surface area (Å²) in [5, 5.41) is 0. The van der Waals surface area contributed by atoms with Crippen LogP contribution in [0.1, 0.15) is 13.8 Å². The zero-order valence-electron chi connectivity index (χ0n) is 3.99. The molecule has 0 spiro atoms. The normalized spacial score (nSPS) is 7.80. The monoisotopic (exact) mass is 154 g/mol. The molecule has 0 bridgehead atoms. The Morgan fingerprint density at radius 3 is 1.40 bits per heavy atom. The van der Waals surface area contributed by atoms with Gasteiger partial charge in [-0.1, -0.05) is 19.4 Å². The second-order valence-corrected chi connectivity index (χ2v) is 4.04. The first kappa shape index (κ1) is 9.20. The molecule has 0 aromatic heterocycles. The minimum atomic E-state index is 0. The third-order valence-electron chi connectivity index (χ3n) is 0. The average Bonchev–Trinajstić information content (AvgIpc) is 0.811. The number of rotatable bonds is 0. The highest BCUT2D eigenvalue weighted by Crippen LogP contribution is 1.84. The van der Waals surface area contributed by atoms with Gasteiger partial charge < -0.3 is 0 Å². The Hall–Kier alpha value is 0.697. The first-order valence-corrected chi connectivity index (χ1v) is 2.89. The van der Waals surface area contributed by atoms with Crippen molar-refractivity contribution in [1.82, 2.24) is 0 Å². The molecule has 0 aliphatic carbocycles. The van der Waals surface area contributed by atoms with Crippen molar-refractivity contribution >= 4 is 27.2 Å². The molecule has 0 amide bonds. The summed E-state index contributed by atoms with van der Waals surface area (Å²) < 4.78 is 0. The lowest BCUT2D eigenvalue weighted by Gasteiger charge is -1.78. The SMILES string of the molecule is Br.CC(C)[SiH3]. The quantitative estimate of drug-likeness (QED) is 0.453. The molecule has 0 aliphatic rings. The molecule has 0 aromatic carbocycles. The molecule has 0 fully saturated rings. The summed E-state index contributed by atoms with van der Waals surface area (Å²) in [5.74, 6) is 0. The van der Waals surface area contributed by atoms with Crippen LogP contribution in [0, 0.1) is 0 Å². The van der Waals surface area contributed by atoms with E-state index in [1.807, 2.05) is 0 Å². The molecule has 0 nitrogen and oxygen atoms in total. The van der Waals surface area contributed by atoms with Crippen molar-refractivity contribution in [1.29, 1.82) is 0 Å². The minimum Gasteiger partial charge on any atom is -0.114 e. The molecule has 0 atom stereocenters. The fraction of sp³-hybridized carbons (Fsp3) is 1.00. The van der Waals surface area contributed by atoms with Gasteiger partial charge in [-0.15, -0.1) is 17.0 Å². The Bertz CT molecular complexity index is 11.6. The Balaban J connectivity index is 0. The van der Waals surface area contributed by atoms with E-state index in [0.717, 1.165) is 5.54 Å². The summed E-state index contributed by atoms with van der Waals surface area (Å²) in [6.45, 7) is 4.46. The van der Waals surface area contributed by atoms with Gasteiger partial charge in [0.15, 0.2) is 0 Å². The Morgan fingerprint density at radius 2 is 1.40 bits per heavy atom. The van der Waals surface area contributed by atoms with Crippen LogP contribution in [0.5, 0.6) is 0 Å². The summed E-state index contributed by atoms with van der Waals surface area (Å²) in [7, 11) is 1.35. The molecule has 0 aliphatic heterocycles. The van der Waals surface area contributed by atoms with E-state index >= 15 is 0 Å². The summed E-state index contributed by atoms with van der Waals surface area (Å²) in [6.07, 6.45) is 0. The Morgan fingerprint density at radius 1 is 1.40 bits per heavy atom. The van der Waals surface area contributed by atoms with Gasteiger partial charge in [-0.3, -0.25) is 0 Å². The molecule has 2 heteroatoms. The van der Waals surface area contributed by atoms with Gasteiger partial charge in [0.25, 0.3) is 0 Å². The number of hydrogen-bond donors (Lipinski definition) is 0. The van der Waals surface area contributed by atoms with Crippen molar-refractivity contribution in [2.24, 2.45) is 0 Å². The maximum absolute atomic E-state index is 2.23. The van der Waals surface area contributed by atoms with Gasteiger partial charge >= 0.3 is 0 Å². The summed E-state index contributed by atoms with van der Waals surface area (Å²) in [5.41, 5.74) is 0.972. The lowest BCUT2D eigenvalue weighted by molar-refractivity contribution is 1.08. The zero-order chi connectivity index (χ0) is 3.58. The number of halogens is 1. The van der Waals surface area contributed by atoms with Gasteiger partial charge in [-0.2, -0.15) is 0 Å². The number of hydrogen-bond acceptors (Lipinski definition) is 0. The van der Waals surface area contributed by atoms with Crippen LogP contribution in [0.2, 0.25) is 5.54 Å². The molecular formula is C3H11BrSi. The molecule has 0 unspecified atom stereocenters. The minimum absolute atomic E-state index is 0. The van der Waals surface area contributed by atoms with Crippen LogP contribution in [-0.2, 0) is 0 Å². The molecular weight excluding hydrogens is 144 g/mol. The van der Waals surface area contributed by atoms with E-state index in [4.69, 9.17) is 0 Å². The fourth-order valence-corrected chi connectivity index (χ4v) is 0. The predicted molar refractivity (Wildman–Crippen MR) is 35.4 cm³/mol. The first-order chi connectivity index (χ1) is 1.73. The van der Waals surface area contributed by atoms with Crippen molar-refractivity contribution in [2.75, 3.05) is 0 Å². The lowest BCUT2D eigenvalue weighted by Crippen LogP contribution is -1.67. The van der Waals surface area contributed by atoms with Crippen LogP contribution in [0.15, 0.2) is 0 Å². The topological polar surface area (TPSA) is 0 Å². The van der Waals surface area contributed by atoms with Crippen molar-refractivity contribution in [3.8, 4) is 0 Å². The molecule has 0 N–H and O–H groups in total. The highest BCUT2D eigenvalue weighted by Gasteiger charge is 1.68. The van der Waals surface area contributed by atoms with Gasteiger partial charge in [0.05, 0.1) is 0 Å². The van der Waals surface area contributed by atoms with Crippen molar-refractivity contribution in [3.63, 3.8) is 0 Å². The highest BCUT2D eigenvalue weighted by atomic mass is 79.9. The Kier molecular flexibility index (Phi) is 8.64. The molecule has 0 aromatic rings. The summed E-state index contributed by atoms with van der Waals surface area (Å²) >= 11 is 0. The van der Waals surface area contributed by atoms with E-state index in [2.05, 4.69) is 13.8 Å². The third kappa shape index (κ3) is 70.3. The third-order valence-corrected chi connectivity index (χ3v) is 0. The van der Waals surface area contributed by atoms with Gasteiger partial charge in [-0.05, 0) is 0 Å². The van der Waals surface area contributed by atoms with E-state index in [1.165, 1.54) is 10.2 Å². The van der Waals surface area contributed by atoms with Crippen molar-refractivity contribution in [2.45, 2.75) is 19.4 Å². The molecule has 0 heterocycles. The maximum atomic E-state index is 2.23. The van der Waals surface area contributed by atoms with E-state index < -0.39 is 0 Å². The maximum Gasteiger partial charge on any atom is 0.00602 e. The summed E-state index contributed by atoms with van der Waals surface area (Å²) in [4.78, 5) is 0. The predicted octanol–water partition coefficient (Wildman–Crippen LogP) is 0.758. The highest BCUT2D eigenvalue weighted by molar-refractivity contribution is 8.93. The smallest absolute Gasteiger partial charge is 0.00602 e. The van der Waals surface area contributed by atoms with Crippen molar-refractivity contribution < 1.29 is 0 Å². The zero-order valence-corrected chi connectivity index (χ0v) is 7.70. The van der Waals surface area contributed by atoms with Gasteiger partial charge in [0, 0.05) is 10.2 Å². The standard InChI is InChI=1S/C3H10Si.BrH/c1-3(2)4;/h3H,1-2,4H3;1H. The van der Waals surface area contributed by atoms with Crippen LogP contribution in [0.4, 0.5) is 0 Å². The van der Waals surface area contributed by atoms with Crippen LogP contribution in [0.3, 0.4) is 0 Å². The van der Waals surface area contributed by atoms with Gasteiger partial charge in [0.1, 0.15) is 0 Å². The van der Waals surface area contributed by atoms with E-state index in [1.54, 1.807) is 0 Å². The molecule has 0 saturated carbocycles. The molecule has 5 heavy (non-hydrogen) atoms. The Labute approximate surface area is 47.2 Å². The van der Waals surface area contributed by atoms with E-state index in [-0.39, 0.29) is 17.0 Å².